The summed E-state index contributed by atoms with van der Waals surface area (Å²) in [5.41, 5.74) is 7.47. The third kappa shape index (κ3) is 4.75. The van der Waals surface area contributed by atoms with Gasteiger partial charge >= 0.3 is 0 Å². The Kier molecular flexibility index (Phi) is 7.10. The highest BCUT2D eigenvalue weighted by Crippen LogP contribution is 2.38. The lowest BCUT2D eigenvalue weighted by atomic mass is 9.87. The fraction of sp³-hybridized carbons (Fsp3) is 0.478. The third-order valence-corrected chi connectivity index (χ3v) is 6.41. The van der Waals surface area contributed by atoms with Gasteiger partial charge in [0, 0.05) is 19.6 Å². The predicted molar refractivity (Wildman–Crippen MR) is 128 cm³/mol. The summed E-state index contributed by atoms with van der Waals surface area (Å²) in [6.07, 6.45) is 2.10. The standard InChI is InChI=1S/C23H29F3N8O/c1-4-23(26)13-33(2)10-7-18(23)29-22-30-21(35-3)20-19(15(25)12-34(20)32-22)14-5-6-16(31-27)17(11-14)28-9-8-24/h5-6,11-12,18,27-28H,4,7-10,13H2,1-3H3,(H,29,32)/t18-,23?/m1/s1. The summed E-state index contributed by atoms with van der Waals surface area (Å²) in [7, 11) is 3.30. The molecule has 2 aromatic heterocycles. The zero-order valence-electron chi connectivity index (χ0n) is 19.9. The maximum atomic E-state index is 15.6. The van der Waals surface area contributed by atoms with Crippen molar-refractivity contribution in [3.05, 3.63) is 30.2 Å². The maximum Gasteiger partial charge on any atom is 0.244 e. The average Bonchev–Trinajstić information content (AvgIpc) is 3.19. The van der Waals surface area contributed by atoms with Crippen molar-refractivity contribution < 1.29 is 17.9 Å². The van der Waals surface area contributed by atoms with Crippen LogP contribution in [0.25, 0.3) is 16.6 Å². The monoisotopic (exact) mass is 490 g/mol. The molecule has 3 heterocycles. The van der Waals surface area contributed by atoms with Gasteiger partial charge in [-0.15, -0.1) is 5.10 Å². The lowest BCUT2D eigenvalue weighted by Crippen LogP contribution is -2.55. The van der Waals surface area contributed by atoms with Gasteiger partial charge < -0.3 is 20.3 Å². The second-order valence-electron chi connectivity index (χ2n) is 8.66. The number of rotatable bonds is 9. The van der Waals surface area contributed by atoms with Gasteiger partial charge in [-0.25, -0.2) is 23.2 Å². The highest BCUT2D eigenvalue weighted by molar-refractivity contribution is 5.88. The summed E-state index contributed by atoms with van der Waals surface area (Å²) in [5, 5.41) is 13.8. The van der Waals surface area contributed by atoms with Crippen molar-refractivity contribution in [1.82, 2.24) is 19.5 Å². The van der Waals surface area contributed by atoms with Gasteiger partial charge in [0.15, 0.2) is 5.82 Å². The molecule has 1 aliphatic rings. The Balaban J connectivity index is 1.75. The molecule has 3 aromatic rings. The first-order valence-corrected chi connectivity index (χ1v) is 11.4. The van der Waals surface area contributed by atoms with E-state index in [1.54, 1.807) is 18.2 Å². The smallest absolute Gasteiger partial charge is 0.244 e. The van der Waals surface area contributed by atoms with E-state index >= 15 is 8.78 Å². The second-order valence-corrected chi connectivity index (χ2v) is 8.66. The number of nitrogens with one attached hydrogen (secondary N) is 3. The normalized spacial score (nSPS) is 20.7. The summed E-state index contributed by atoms with van der Waals surface area (Å²) in [5.74, 6) is -0.327. The van der Waals surface area contributed by atoms with Crippen LogP contribution in [-0.2, 0) is 0 Å². The van der Waals surface area contributed by atoms with Crippen molar-refractivity contribution in [3.8, 4) is 17.0 Å². The molecule has 0 aliphatic carbocycles. The number of likely N-dealkylation sites (tertiary alicyclic amines) is 1. The Bertz CT molecular complexity index is 1220. The molecule has 9 nitrogen and oxygen atoms in total. The van der Waals surface area contributed by atoms with Crippen LogP contribution in [0.5, 0.6) is 5.88 Å². The molecule has 35 heavy (non-hydrogen) atoms. The molecule has 0 spiro atoms. The number of hydrogen-bond acceptors (Lipinski definition) is 8. The van der Waals surface area contributed by atoms with Crippen molar-refractivity contribution in [2.24, 2.45) is 5.11 Å². The van der Waals surface area contributed by atoms with E-state index in [1.807, 2.05) is 18.9 Å². The van der Waals surface area contributed by atoms with Crippen LogP contribution in [0.2, 0.25) is 0 Å². The molecule has 0 amide bonds. The predicted octanol–water partition coefficient (Wildman–Crippen LogP) is 4.82. The topological polar surface area (TPSA) is 103 Å². The molecule has 1 aromatic carbocycles. The van der Waals surface area contributed by atoms with Gasteiger partial charge in [-0.05, 0) is 37.6 Å². The number of fused-ring (bicyclic) bond motifs is 1. The van der Waals surface area contributed by atoms with Gasteiger partial charge in [-0.1, -0.05) is 13.0 Å². The fourth-order valence-corrected chi connectivity index (χ4v) is 4.57. The van der Waals surface area contributed by atoms with Crippen molar-refractivity contribution in [2.75, 3.05) is 51.1 Å². The minimum Gasteiger partial charge on any atom is -0.479 e. The largest absolute Gasteiger partial charge is 0.479 e. The summed E-state index contributed by atoms with van der Waals surface area (Å²) in [6, 6.07) is 4.23. The molecule has 0 bridgehead atoms. The Hall–Kier alpha value is -3.41. The lowest BCUT2D eigenvalue weighted by Gasteiger charge is -2.41. The molecule has 1 fully saturated rings. The van der Waals surface area contributed by atoms with Crippen molar-refractivity contribution in [2.45, 2.75) is 31.5 Å². The highest BCUT2D eigenvalue weighted by atomic mass is 19.1. The fourth-order valence-electron chi connectivity index (χ4n) is 4.57. The molecular weight excluding hydrogens is 461 g/mol. The van der Waals surface area contributed by atoms with E-state index < -0.39 is 24.2 Å². The van der Waals surface area contributed by atoms with Crippen LogP contribution < -0.4 is 15.4 Å². The lowest BCUT2D eigenvalue weighted by molar-refractivity contribution is 0.0421. The number of benzene rings is 1. The number of aromatic nitrogens is 3. The second kappa shape index (κ2) is 10.1. The first-order chi connectivity index (χ1) is 16.8. The first kappa shape index (κ1) is 24.7. The zero-order valence-corrected chi connectivity index (χ0v) is 19.9. The minimum atomic E-state index is -1.46. The molecule has 3 N–H and O–H groups in total. The number of ether oxygens (including phenoxy) is 1. The van der Waals surface area contributed by atoms with E-state index in [2.05, 4.69) is 25.8 Å². The van der Waals surface area contributed by atoms with Crippen molar-refractivity contribution in [1.29, 1.82) is 5.53 Å². The SMILES string of the molecule is CCC1(F)CN(C)CC[C@H]1Nc1nc(OC)c2c(-c3ccc(N=N)c(NCCF)c3)c(F)cn2n1. The molecule has 0 saturated carbocycles. The summed E-state index contributed by atoms with van der Waals surface area (Å²) in [6.45, 7) is 2.24. The van der Waals surface area contributed by atoms with Gasteiger partial charge in [0.1, 0.15) is 23.5 Å². The number of nitrogens with zero attached hydrogens (tertiary/aromatic N) is 5. The Morgan fingerprint density at radius 1 is 1.37 bits per heavy atom. The molecule has 1 unspecified atom stereocenters. The minimum absolute atomic E-state index is 0.0250. The summed E-state index contributed by atoms with van der Waals surface area (Å²) < 4.78 is 50.3. The molecule has 12 heteroatoms. The maximum absolute atomic E-state index is 15.6. The third-order valence-electron chi connectivity index (χ3n) is 6.41. The highest BCUT2D eigenvalue weighted by Gasteiger charge is 2.42. The molecular formula is C23H29F3N8O. The van der Waals surface area contributed by atoms with E-state index in [1.165, 1.54) is 17.8 Å². The first-order valence-electron chi connectivity index (χ1n) is 11.4. The molecule has 2 atom stereocenters. The molecule has 4 rings (SSSR count). The van der Waals surface area contributed by atoms with Gasteiger partial charge in [0.25, 0.3) is 0 Å². The van der Waals surface area contributed by atoms with Gasteiger partial charge in [0.05, 0.1) is 30.6 Å². The van der Waals surface area contributed by atoms with Crippen LogP contribution in [0.1, 0.15) is 19.8 Å². The van der Waals surface area contributed by atoms with Crippen LogP contribution in [0.3, 0.4) is 0 Å². The Labute approximate surface area is 201 Å². The van der Waals surface area contributed by atoms with Gasteiger partial charge in [0.2, 0.25) is 11.8 Å². The average molecular weight is 491 g/mol. The number of piperidine rings is 1. The number of anilines is 2. The molecule has 1 aliphatic heterocycles. The number of alkyl halides is 2. The molecule has 1 saturated heterocycles. The number of hydrogen-bond donors (Lipinski definition) is 3. The van der Waals surface area contributed by atoms with E-state index in [-0.39, 0.29) is 29.5 Å². The van der Waals surface area contributed by atoms with E-state index in [9.17, 15) is 4.39 Å². The van der Waals surface area contributed by atoms with Gasteiger partial charge in [-0.2, -0.15) is 10.1 Å². The van der Waals surface area contributed by atoms with Crippen molar-refractivity contribution >= 4 is 22.8 Å². The quantitative estimate of drug-likeness (QED) is 0.372. The summed E-state index contributed by atoms with van der Waals surface area (Å²) in [4.78, 5) is 6.37. The van der Waals surface area contributed by atoms with E-state index in [0.717, 1.165) is 6.54 Å². The zero-order chi connectivity index (χ0) is 25.2. The van der Waals surface area contributed by atoms with Crippen LogP contribution in [-0.4, -0.2) is 71.7 Å². The van der Waals surface area contributed by atoms with Crippen LogP contribution in [0.4, 0.5) is 30.5 Å². The Morgan fingerprint density at radius 3 is 2.86 bits per heavy atom. The number of methoxy groups -OCH3 is 1. The molecule has 188 valence electrons. The van der Waals surface area contributed by atoms with Crippen molar-refractivity contribution in [3.63, 3.8) is 0 Å². The molecule has 0 radical (unpaired) electrons. The van der Waals surface area contributed by atoms with Gasteiger partial charge in [-0.3, -0.25) is 0 Å². The van der Waals surface area contributed by atoms with E-state index in [4.69, 9.17) is 10.3 Å². The van der Waals surface area contributed by atoms with E-state index in [0.29, 0.717) is 36.3 Å². The number of halogens is 3. The van der Waals surface area contributed by atoms with Crippen LogP contribution in [0.15, 0.2) is 29.5 Å². The van der Waals surface area contributed by atoms with Crippen LogP contribution >= 0.6 is 0 Å². The Morgan fingerprint density at radius 2 is 2.17 bits per heavy atom. The summed E-state index contributed by atoms with van der Waals surface area (Å²) >= 11 is 0. The van der Waals surface area contributed by atoms with Crippen LogP contribution in [0, 0.1) is 11.3 Å².